The van der Waals surface area contributed by atoms with Crippen molar-refractivity contribution in [2.75, 3.05) is 32.8 Å². The van der Waals surface area contributed by atoms with Crippen molar-refractivity contribution in [1.29, 1.82) is 0 Å². The largest absolute Gasteiger partial charge is 0.346 e. The number of hydrogen-bond acceptors (Lipinski definition) is 3. The number of piperidine rings is 1. The normalized spacial score (nSPS) is 32.8. The summed E-state index contributed by atoms with van der Waals surface area (Å²) in [5.41, 5.74) is 0. The Morgan fingerprint density at radius 1 is 1.18 bits per heavy atom. The third-order valence-electron chi connectivity index (χ3n) is 4.00. The molecule has 17 heavy (non-hydrogen) atoms. The number of rotatable bonds is 2. The minimum absolute atomic E-state index is 0.0538. The van der Waals surface area contributed by atoms with Crippen LogP contribution in [0.1, 0.15) is 25.7 Å². The molecule has 1 spiro atoms. The summed E-state index contributed by atoms with van der Waals surface area (Å²) < 4.78 is 36.9. The second-order valence-electron chi connectivity index (χ2n) is 5.58. The molecular weight excluding hydrogens is 228 g/mol. The minimum atomic E-state index is -2.40. The summed E-state index contributed by atoms with van der Waals surface area (Å²) in [7, 11) is 0. The molecular formula is C12H19F2NO2. The van der Waals surface area contributed by atoms with Gasteiger partial charge in [0.2, 0.25) is 5.92 Å². The molecule has 5 heteroatoms. The van der Waals surface area contributed by atoms with Crippen LogP contribution in [0.25, 0.3) is 0 Å². The van der Waals surface area contributed by atoms with Gasteiger partial charge in [-0.15, -0.1) is 0 Å². The van der Waals surface area contributed by atoms with Crippen molar-refractivity contribution >= 4 is 0 Å². The molecule has 0 aromatic heterocycles. The van der Waals surface area contributed by atoms with Crippen LogP contribution in [0.5, 0.6) is 0 Å². The van der Waals surface area contributed by atoms with Gasteiger partial charge in [-0.25, -0.2) is 8.78 Å². The summed E-state index contributed by atoms with van der Waals surface area (Å²) >= 11 is 0. The third kappa shape index (κ3) is 2.46. The molecule has 1 saturated carbocycles. The molecule has 2 aliphatic heterocycles. The highest BCUT2D eigenvalue weighted by molar-refractivity contribution is 4.90. The van der Waals surface area contributed by atoms with Gasteiger partial charge in [0, 0.05) is 25.8 Å². The molecule has 0 N–H and O–H groups in total. The average molecular weight is 247 g/mol. The first-order chi connectivity index (χ1) is 8.07. The zero-order valence-corrected chi connectivity index (χ0v) is 9.96. The van der Waals surface area contributed by atoms with Gasteiger partial charge in [-0.1, -0.05) is 0 Å². The van der Waals surface area contributed by atoms with Gasteiger partial charge in [0.1, 0.15) is 0 Å². The molecule has 3 nitrogen and oxygen atoms in total. The van der Waals surface area contributed by atoms with E-state index in [0.29, 0.717) is 13.2 Å². The third-order valence-corrected chi connectivity index (χ3v) is 4.00. The zero-order valence-electron chi connectivity index (χ0n) is 9.96. The highest BCUT2D eigenvalue weighted by Crippen LogP contribution is 2.43. The molecule has 98 valence electrons. The number of likely N-dealkylation sites (tertiary alicyclic amines) is 1. The molecule has 0 aromatic carbocycles. The number of nitrogens with zero attached hydrogens (tertiary/aromatic N) is 1. The Bertz CT molecular complexity index is 284. The second-order valence-corrected chi connectivity index (χ2v) is 5.58. The highest BCUT2D eigenvalue weighted by atomic mass is 19.3. The van der Waals surface area contributed by atoms with Gasteiger partial charge < -0.3 is 9.47 Å². The first-order valence-corrected chi connectivity index (χ1v) is 6.45. The van der Waals surface area contributed by atoms with E-state index in [0.717, 1.165) is 32.5 Å². The highest BCUT2D eigenvalue weighted by Gasteiger charge is 2.47. The van der Waals surface area contributed by atoms with Crippen LogP contribution in [0.2, 0.25) is 0 Å². The standard InChI is InChI=1S/C12H19F2NO2/c13-11(14)6-10(7-11)8-15-3-1-2-12(9-15)16-4-5-17-12/h10H,1-9H2. The molecule has 3 fully saturated rings. The van der Waals surface area contributed by atoms with Crippen LogP contribution >= 0.6 is 0 Å². The molecule has 1 aliphatic carbocycles. The molecule has 3 aliphatic rings. The van der Waals surface area contributed by atoms with Gasteiger partial charge in [-0.2, -0.15) is 0 Å². The van der Waals surface area contributed by atoms with Crippen molar-refractivity contribution in [2.24, 2.45) is 5.92 Å². The minimum Gasteiger partial charge on any atom is -0.346 e. The van der Waals surface area contributed by atoms with Crippen molar-refractivity contribution in [3.05, 3.63) is 0 Å². The molecule has 0 bridgehead atoms. The van der Waals surface area contributed by atoms with Crippen molar-refractivity contribution in [3.8, 4) is 0 Å². The Morgan fingerprint density at radius 2 is 1.88 bits per heavy atom. The van der Waals surface area contributed by atoms with E-state index in [1.165, 1.54) is 0 Å². The Hall–Kier alpha value is -0.260. The summed E-state index contributed by atoms with van der Waals surface area (Å²) in [6, 6.07) is 0. The Labute approximate surface area is 100 Å². The Morgan fingerprint density at radius 3 is 2.53 bits per heavy atom. The fourth-order valence-electron chi connectivity index (χ4n) is 3.24. The Balaban J connectivity index is 1.51. The number of halogens is 2. The smallest absolute Gasteiger partial charge is 0.248 e. The lowest BCUT2D eigenvalue weighted by molar-refractivity contribution is -0.195. The van der Waals surface area contributed by atoms with Crippen LogP contribution in [0.15, 0.2) is 0 Å². The molecule has 0 unspecified atom stereocenters. The predicted octanol–water partition coefficient (Wildman–Crippen LogP) is 1.87. The van der Waals surface area contributed by atoms with Gasteiger partial charge >= 0.3 is 0 Å². The van der Waals surface area contributed by atoms with Gasteiger partial charge in [0.25, 0.3) is 0 Å². The van der Waals surface area contributed by atoms with E-state index >= 15 is 0 Å². The molecule has 2 heterocycles. The average Bonchev–Trinajstić information content (AvgIpc) is 2.64. The van der Waals surface area contributed by atoms with Crippen molar-refractivity contribution in [1.82, 2.24) is 4.90 Å². The van der Waals surface area contributed by atoms with Crippen LogP contribution in [0.4, 0.5) is 8.78 Å². The van der Waals surface area contributed by atoms with E-state index in [1.807, 2.05) is 0 Å². The topological polar surface area (TPSA) is 21.7 Å². The summed E-state index contributed by atoms with van der Waals surface area (Å²) in [5, 5.41) is 0. The monoisotopic (exact) mass is 247 g/mol. The van der Waals surface area contributed by atoms with E-state index in [-0.39, 0.29) is 18.8 Å². The fraction of sp³-hybridized carbons (Fsp3) is 1.00. The fourth-order valence-corrected chi connectivity index (χ4v) is 3.24. The first kappa shape index (κ1) is 11.8. The van der Waals surface area contributed by atoms with Crippen LogP contribution in [0, 0.1) is 5.92 Å². The molecule has 0 amide bonds. The van der Waals surface area contributed by atoms with Gasteiger partial charge in [0.05, 0.1) is 19.8 Å². The predicted molar refractivity (Wildman–Crippen MR) is 58.0 cm³/mol. The van der Waals surface area contributed by atoms with E-state index in [9.17, 15) is 8.78 Å². The molecule has 2 saturated heterocycles. The van der Waals surface area contributed by atoms with E-state index in [4.69, 9.17) is 9.47 Å². The van der Waals surface area contributed by atoms with Crippen molar-refractivity contribution in [3.63, 3.8) is 0 Å². The number of hydrogen-bond donors (Lipinski definition) is 0. The molecule has 0 atom stereocenters. The quantitative estimate of drug-likeness (QED) is 0.743. The maximum absolute atomic E-state index is 12.8. The van der Waals surface area contributed by atoms with E-state index in [2.05, 4.69) is 4.90 Å². The zero-order chi connectivity index (χ0) is 11.9. The van der Waals surface area contributed by atoms with Gasteiger partial charge in [-0.3, -0.25) is 4.90 Å². The summed E-state index contributed by atoms with van der Waals surface area (Å²) in [6.07, 6.45) is 2.07. The van der Waals surface area contributed by atoms with Gasteiger partial charge in [-0.05, 0) is 18.9 Å². The maximum Gasteiger partial charge on any atom is 0.248 e. The van der Waals surface area contributed by atoms with Crippen LogP contribution in [-0.2, 0) is 9.47 Å². The number of ether oxygens (including phenoxy) is 2. The Kier molecular flexibility index (Phi) is 2.88. The molecule has 3 rings (SSSR count). The SMILES string of the molecule is FC1(F)CC(CN2CCCC3(C2)OCCO3)C1. The van der Waals surface area contributed by atoms with Crippen LogP contribution < -0.4 is 0 Å². The molecule has 0 radical (unpaired) electrons. The van der Waals surface area contributed by atoms with Crippen molar-refractivity contribution in [2.45, 2.75) is 37.4 Å². The van der Waals surface area contributed by atoms with Crippen LogP contribution in [-0.4, -0.2) is 49.5 Å². The maximum atomic E-state index is 12.8. The lowest BCUT2D eigenvalue weighted by Gasteiger charge is -2.43. The lowest BCUT2D eigenvalue weighted by atomic mass is 9.80. The second kappa shape index (κ2) is 4.14. The van der Waals surface area contributed by atoms with E-state index in [1.54, 1.807) is 0 Å². The number of alkyl halides is 2. The summed E-state index contributed by atoms with van der Waals surface area (Å²) in [6.45, 7) is 3.82. The summed E-state index contributed by atoms with van der Waals surface area (Å²) in [4.78, 5) is 2.23. The van der Waals surface area contributed by atoms with Crippen LogP contribution in [0.3, 0.4) is 0 Å². The first-order valence-electron chi connectivity index (χ1n) is 6.45. The van der Waals surface area contributed by atoms with Crippen molar-refractivity contribution < 1.29 is 18.3 Å². The lowest BCUT2D eigenvalue weighted by Crippen LogP contribution is -2.52. The molecule has 0 aromatic rings. The summed E-state index contributed by atoms with van der Waals surface area (Å²) in [5.74, 6) is -2.68. The van der Waals surface area contributed by atoms with Gasteiger partial charge in [0.15, 0.2) is 5.79 Å². The van der Waals surface area contributed by atoms with E-state index < -0.39 is 11.7 Å².